The van der Waals surface area contributed by atoms with Crippen molar-refractivity contribution in [2.75, 3.05) is 19.8 Å². The van der Waals surface area contributed by atoms with E-state index in [9.17, 15) is 5.11 Å². The minimum atomic E-state index is 0.261. The Morgan fingerprint density at radius 3 is 3.00 bits per heavy atom. The largest absolute Gasteiger partial charge is 0.494 e. The second kappa shape index (κ2) is 6.03. The van der Waals surface area contributed by atoms with Gasteiger partial charge < -0.3 is 9.84 Å². The number of likely N-dealkylation sites (tertiary alicyclic amines) is 1. The van der Waals surface area contributed by atoms with Crippen molar-refractivity contribution < 1.29 is 9.84 Å². The van der Waals surface area contributed by atoms with Crippen LogP contribution in [0.5, 0.6) is 5.75 Å². The summed E-state index contributed by atoms with van der Waals surface area (Å²) in [5.74, 6) is 0.971. The Hall–Kier alpha value is -1.06. The average Bonchev–Trinajstić information content (AvgIpc) is 2.79. The highest BCUT2D eigenvalue weighted by Crippen LogP contribution is 2.24. The van der Waals surface area contributed by atoms with Crippen molar-refractivity contribution in [1.82, 2.24) is 4.90 Å². The molecule has 1 aliphatic heterocycles. The Balaban J connectivity index is 2.07. The zero-order valence-electron chi connectivity index (χ0n) is 10.4. The molecule has 1 fully saturated rings. The Kier molecular flexibility index (Phi) is 4.40. The van der Waals surface area contributed by atoms with Crippen molar-refractivity contribution >= 4 is 0 Å². The highest BCUT2D eigenvalue weighted by molar-refractivity contribution is 5.33. The summed E-state index contributed by atoms with van der Waals surface area (Å²) in [4.78, 5) is 2.35. The summed E-state index contributed by atoms with van der Waals surface area (Å²) in [5, 5.41) is 9.31. The maximum atomic E-state index is 9.31. The SMILES string of the molecule is CCOc1ccccc1CN1CCC[C@H]1CO. The molecule has 0 aromatic heterocycles. The summed E-state index contributed by atoms with van der Waals surface area (Å²) in [7, 11) is 0. The molecule has 0 saturated carbocycles. The van der Waals surface area contributed by atoms with Crippen molar-refractivity contribution in [3.8, 4) is 5.75 Å². The van der Waals surface area contributed by atoms with E-state index in [0.29, 0.717) is 12.6 Å². The first-order valence-corrected chi connectivity index (χ1v) is 6.40. The molecule has 3 heteroatoms. The fourth-order valence-electron chi connectivity index (χ4n) is 2.46. The van der Waals surface area contributed by atoms with Gasteiger partial charge in [0.2, 0.25) is 0 Å². The van der Waals surface area contributed by atoms with E-state index in [2.05, 4.69) is 11.0 Å². The highest BCUT2D eigenvalue weighted by atomic mass is 16.5. The van der Waals surface area contributed by atoms with E-state index >= 15 is 0 Å². The van der Waals surface area contributed by atoms with Crippen LogP contribution < -0.4 is 4.74 Å². The number of benzene rings is 1. The topological polar surface area (TPSA) is 32.7 Å². The van der Waals surface area contributed by atoms with Gasteiger partial charge in [-0.1, -0.05) is 18.2 Å². The lowest BCUT2D eigenvalue weighted by molar-refractivity contribution is 0.152. The second-order valence-electron chi connectivity index (χ2n) is 4.49. The van der Waals surface area contributed by atoms with Crippen LogP contribution in [0.4, 0.5) is 0 Å². The summed E-state index contributed by atoms with van der Waals surface area (Å²) in [6, 6.07) is 8.49. The molecule has 1 saturated heterocycles. The fraction of sp³-hybridized carbons (Fsp3) is 0.571. The van der Waals surface area contributed by atoms with E-state index in [1.165, 1.54) is 12.0 Å². The number of nitrogens with zero attached hydrogens (tertiary/aromatic N) is 1. The van der Waals surface area contributed by atoms with Crippen molar-refractivity contribution in [1.29, 1.82) is 0 Å². The molecule has 0 unspecified atom stereocenters. The molecule has 0 aliphatic carbocycles. The van der Waals surface area contributed by atoms with Gasteiger partial charge in [-0.05, 0) is 32.4 Å². The Morgan fingerprint density at radius 1 is 1.41 bits per heavy atom. The van der Waals surface area contributed by atoms with Crippen LogP contribution in [-0.4, -0.2) is 35.8 Å². The Labute approximate surface area is 103 Å². The molecular formula is C14H21NO2. The van der Waals surface area contributed by atoms with Gasteiger partial charge in [-0.2, -0.15) is 0 Å². The van der Waals surface area contributed by atoms with Gasteiger partial charge >= 0.3 is 0 Å². The van der Waals surface area contributed by atoms with Crippen LogP contribution >= 0.6 is 0 Å². The zero-order chi connectivity index (χ0) is 12.1. The van der Waals surface area contributed by atoms with Crippen LogP contribution in [0.3, 0.4) is 0 Å². The molecule has 1 atom stereocenters. The molecule has 3 nitrogen and oxygen atoms in total. The lowest BCUT2D eigenvalue weighted by atomic mass is 10.1. The molecule has 17 heavy (non-hydrogen) atoms. The molecule has 1 N–H and O–H groups in total. The van der Waals surface area contributed by atoms with Crippen molar-refractivity contribution in [2.45, 2.75) is 32.4 Å². The highest BCUT2D eigenvalue weighted by Gasteiger charge is 2.24. The monoisotopic (exact) mass is 235 g/mol. The lowest BCUT2D eigenvalue weighted by Gasteiger charge is -2.23. The van der Waals surface area contributed by atoms with Crippen LogP contribution in [0.2, 0.25) is 0 Å². The molecule has 1 aromatic rings. The third-order valence-electron chi connectivity index (χ3n) is 3.36. The summed E-state index contributed by atoms with van der Waals surface area (Å²) < 4.78 is 5.63. The van der Waals surface area contributed by atoms with Crippen LogP contribution in [-0.2, 0) is 6.54 Å². The Bertz CT molecular complexity index is 354. The standard InChI is InChI=1S/C14H21NO2/c1-2-17-14-8-4-3-6-12(14)10-15-9-5-7-13(15)11-16/h3-4,6,8,13,16H,2,5,7,9-11H2,1H3/t13-/m0/s1. The number of para-hydroxylation sites is 1. The van der Waals surface area contributed by atoms with Crippen LogP contribution in [0.25, 0.3) is 0 Å². The van der Waals surface area contributed by atoms with Gasteiger partial charge in [-0.25, -0.2) is 0 Å². The van der Waals surface area contributed by atoms with Gasteiger partial charge in [0.1, 0.15) is 5.75 Å². The normalized spacial score (nSPS) is 20.7. The smallest absolute Gasteiger partial charge is 0.123 e. The zero-order valence-corrected chi connectivity index (χ0v) is 10.4. The van der Waals surface area contributed by atoms with Gasteiger partial charge in [0.05, 0.1) is 13.2 Å². The second-order valence-corrected chi connectivity index (χ2v) is 4.49. The predicted octanol–water partition coefficient (Wildman–Crippen LogP) is 2.04. The number of aliphatic hydroxyl groups is 1. The first-order valence-electron chi connectivity index (χ1n) is 6.40. The average molecular weight is 235 g/mol. The van der Waals surface area contributed by atoms with Crippen LogP contribution in [0.1, 0.15) is 25.3 Å². The molecule has 2 rings (SSSR count). The van der Waals surface area contributed by atoms with Gasteiger partial charge in [0.25, 0.3) is 0 Å². The minimum absolute atomic E-state index is 0.261. The first kappa shape index (κ1) is 12.4. The van der Waals surface area contributed by atoms with Gasteiger partial charge in [-0.3, -0.25) is 4.90 Å². The molecule has 0 bridgehead atoms. The van der Waals surface area contributed by atoms with E-state index in [1.54, 1.807) is 0 Å². The molecule has 0 spiro atoms. The number of aliphatic hydroxyl groups excluding tert-OH is 1. The first-order chi connectivity index (χ1) is 8.35. The summed E-state index contributed by atoms with van der Waals surface area (Å²) >= 11 is 0. The van der Waals surface area contributed by atoms with Gasteiger partial charge in [0.15, 0.2) is 0 Å². The molecule has 1 heterocycles. The third kappa shape index (κ3) is 2.99. The maximum Gasteiger partial charge on any atom is 0.123 e. The molecular weight excluding hydrogens is 214 g/mol. The van der Waals surface area contributed by atoms with Crippen LogP contribution in [0.15, 0.2) is 24.3 Å². The van der Waals surface area contributed by atoms with E-state index in [0.717, 1.165) is 25.3 Å². The quantitative estimate of drug-likeness (QED) is 0.847. The molecule has 1 aromatic carbocycles. The van der Waals surface area contributed by atoms with Gasteiger partial charge in [0, 0.05) is 18.2 Å². The maximum absolute atomic E-state index is 9.31. The van der Waals surface area contributed by atoms with Crippen LogP contribution in [0, 0.1) is 0 Å². The van der Waals surface area contributed by atoms with Crippen molar-refractivity contribution in [2.24, 2.45) is 0 Å². The van der Waals surface area contributed by atoms with Crippen molar-refractivity contribution in [3.63, 3.8) is 0 Å². The molecule has 0 radical (unpaired) electrons. The van der Waals surface area contributed by atoms with E-state index in [1.807, 2.05) is 25.1 Å². The number of rotatable bonds is 5. The third-order valence-corrected chi connectivity index (χ3v) is 3.36. The summed E-state index contributed by atoms with van der Waals surface area (Å²) in [6.07, 6.45) is 2.29. The van der Waals surface area contributed by atoms with E-state index in [4.69, 9.17) is 4.74 Å². The number of hydrogen-bond donors (Lipinski definition) is 1. The molecule has 0 amide bonds. The summed E-state index contributed by atoms with van der Waals surface area (Å²) in [6.45, 7) is 4.91. The fourth-order valence-corrected chi connectivity index (χ4v) is 2.46. The van der Waals surface area contributed by atoms with Crippen molar-refractivity contribution in [3.05, 3.63) is 29.8 Å². The predicted molar refractivity (Wildman–Crippen MR) is 68.1 cm³/mol. The molecule has 94 valence electrons. The van der Waals surface area contributed by atoms with E-state index in [-0.39, 0.29) is 6.61 Å². The molecule has 1 aliphatic rings. The van der Waals surface area contributed by atoms with Gasteiger partial charge in [-0.15, -0.1) is 0 Å². The minimum Gasteiger partial charge on any atom is -0.494 e. The Morgan fingerprint density at radius 2 is 2.24 bits per heavy atom. The van der Waals surface area contributed by atoms with E-state index < -0.39 is 0 Å². The summed E-state index contributed by atoms with van der Waals surface area (Å²) in [5.41, 5.74) is 1.22. The number of ether oxygens (including phenoxy) is 1. The lowest BCUT2D eigenvalue weighted by Crippen LogP contribution is -2.31. The number of hydrogen-bond acceptors (Lipinski definition) is 3.